The summed E-state index contributed by atoms with van der Waals surface area (Å²) in [5.41, 5.74) is 2.26. The van der Waals surface area contributed by atoms with Crippen molar-refractivity contribution < 1.29 is 14.3 Å². The first kappa shape index (κ1) is 20.2. The number of ether oxygens (including phenoxy) is 1. The third-order valence-corrected chi connectivity index (χ3v) is 5.56. The van der Waals surface area contributed by atoms with Gasteiger partial charge in [-0.3, -0.25) is 9.59 Å². The molecule has 0 bridgehead atoms. The maximum Gasteiger partial charge on any atom is 0.282 e. The molecule has 1 saturated heterocycles. The van der Waals surface area contributed by atoms with Gasteiger partial charge in [-0.25, -0.2) is 4.90 Å². The van der Waals surface area contributed by atoms with Gasteiger partial charge in [-0.05, 0) is 50.3 Å². The number of hydrogen-bond donors (Lipinski definition) is 0. The summed E-state index contributed by atoms with van der Waals surface area (Å²) in [5.74, 6) is 0.457. The fourth-order valence-corrected chi connectivity index (χ4v) is 4.28. The van der Waals surface area contributed by atoms with Crippen LogP contribution in [-0.2, 0) is 9.59 Å². The number of nitrogens with zero attached hydrogens (tertiary/aromatic N) is 2. The number of imide groups is 1. The van der Waals surface area contributed by atoms with Gasteiger partial charge in [0, 0.05) is 13.1 Å². The molecule has 2 aliphatic rings. The van der Waals surface area contributed by atoms with Gasteiger partial charge < -0.3 is 9.64 Å². The van der Waals surface area contributed by atoms with Gasteiger partial charge >= 0.3 is 0 Å². The smallest absolute Gasteiger partial charge is 0.282 e. The highest BCUT2D eigenvalue weighted by Gasteiger charge is 2.44. The fourth-order valence-electron chi connectivity index (χ4n) is 4.28. The second-order valence-electron chi connectivity index (χ2n) is 8.36. The van der Waals surface area contributed by atoms with E-state index in [0.717, 1.165) is 31.5 Å². The SMILES string of the molecule is CC1CCCN(C2=C(c3ccccc3)C(=O)N(c3ccccc3OC(C)C)C2=O)C1. The number of carbonyl (C=O) groups excluding carboxylic acids is 2. The lowest BCUT2D eigenvalue weighted by Gasteiger charge is -2.33. The first-order valence-electron chi connectivity index (χ1n) is 10.7. The highest BCUT2D eigenvalue weighted by Crippen LogP contribution is 2.39. The topological polar surface area (TPSA) is 49.9 Å². The van der Waals surface area contributed by atoms with Crippen molar-refractivity contribution >= 4 is 23.1 Å². The first-order chi connectivity index (χ1) is 14.5. The van der Waals surface area contributed by atoms with Crippen molar-refractivity contribution in [2.45, 2.75) is 39.7 Å². The summed E-state index contributed by atoms with van der Waals surface area (Å²) in [7, 11) is 0. The predicted molar refractivity (Wildman–Crippen MR) is 118 cm³/mol. The molecule has 5 heteroatoms. The van der Waals surface area contributed by atoms with Crippen LogP contribution in [0.1, 0.15) is 39.2 Å². The highest BCUT2D eigenvalue weighted by atomic mass is 16.5. The Balaban J connectivity index is 1.82. The largest absolute Gasteiger partial charge is 0.489 e. The lowest BCUT2D eigenvalue weighted by Crippen LogP contribution is -2.39. The molecule has 2 aliphatic heterocycles. The minimum atomic E-state index is -0.292. The van der Waals surface area contributed by atoms with Crippen molar-refractivity contribution in [2.24, 2.45) is 5.92 Å². The average molecular weight is 405 g/mol. The van der Waals surface area contributed by atoms with Crippen LogP contribution < -0.4 is 9.64 Å². The standard InChI is InChI=1S/C25H28N2O3/c1-17(2)30-21-14-8-7-13-20(21)27-24(28)22(19-11-5-4-6-12-19)23(25(27)29)26-15-9-10-18(3)16-26/h4-8,11-14,17-18H,9-10,15-16H2,1-3H3. The molecule has 2 aromatic rings. The maximum atomic E-state index is 13.7. The van der Waals surface area contributed by atoms with Crippen LogP contribution in [0.5, 0.6) is 5.75 Å². The molecule has 0 aliphatic carbocycles. The molecule has 5 nitrogen and oxygen atoms in total. The number of para-hydroxylation sites is 2. The van der Waals surface area contributed by atoms with Gasteiger partial charge in [0.05, 0.1) is 17.4 Å². The van der Waals surface area contributed by atoms with Crippen LogP contribution in [0.15, 0.2) is 60.3 Å². The van der Waals surface area contributed by atoms with Crippen LogP contribution in [0.25, 0.3) is 5.57 Å². The molecule has 2 heterocycles. The maximum absolute atomic E-state index is 13.7. The fraction of sp³-hybridized carbons (Fsp3) is 0.360. The van der Waals surface area contributed by atoms with Gasteiger partial charge in [-0.1, -0.05) is 49.4 Å². The van der Waals surface area contributed by atoms with Crippen LogP contribution in [0, 0.1) is 5.92 Å². The van der Waals surface area contributed by atoms with E-state index in [1.807, 2.05) is 56.3 Å². The number of rotatable bonds is 5. The monoisotopic (exact) mass is 404 g/mol. The molecular formula is C25H28N2O3. The third-order valence-electron chi connectivity index (χ3n) is 5.56. The lowest BCUT2D eigenvalue weighted by atomic mass is 9.98. The van der Waals surface area contributed by atoms with Gasteiger partial charge in [0.15, 0.2) is 0 Å². The number of anilines is 1. The van der Waals surface area contributed by atoms with E-state index in [4.69, 9.17) is 4.74 Å². The Morgan fingerprint density at radius 2 is 1.67 bits per heavy atom. The van der Waals surface area contributed by atoms with Crippen molar-refractivity contribution in [3.8, 4) is 5.75 Å². The zero-order valence-electron chi connectivity index (χ0n) is 17.8. The Morgan fingerprint density at radius 3 is 2.37 bits per heavy atom. The van der Waals surface area contributed by atoms with Gasteiger partial charge in [0.25, 0.3) is 11.8 Å². The summed E-state index contributed by atoms with van der Waals surface area (Å²) in [5, 5.41) is 0. The molecule has 156 valence electrons. The van der Waals surface area contributed by atoms with Gasteiger partial charge in [-0.2, -0.15) is 0 Å². The van der Waals surface area contributed by atoms with Crippen LogP contribution >= 0.6 is 0 Å². The van der Waals surface area contributed by atoms with E-state index < -0.39 is 0 Å². The number of carbonyl (C=O) groups is 2. The van der Waals surface area contributed by atoms with Gasteiger partial charge in [0.2, 0.25) is 0 Å². The van der Waals surface area contributed by atoms with E-state index in [2.05, 4.69) is 11.8 Å². The van der Waals surface area contributed by atoms with E-state index in [0.29, 0.717) is 28.6 Å². The molecule has 1 unspecified atom stereocenters. The lowest BCUT2D eigenvalue weighted by molar-refractivity contribution is -0.120. The molecule has 30 heavy (non-hydrogen) atoms. The Labute approximate surface area is 177 Å². The summed E-state index contributed by atoms with van der Waals surface area (Å²) < 4.78 is 5.91. The minimum Gasteiger partial charge on any atom is -0.489 e. The number of piperidine rings is 1. The van der Waals surface area contributed by atoms with Crippen molar-refractivity contribution in [3.05, 3.63) is 65.9 Å². The van der Waals surface area contributed by atoms with Gasteiger partial charge in [0.1, 0.15) is 11.4 Å². The molecule has 0 spiro atoms. The molecule has 0 radical (unpaired) electrons. The first-order valence-corrected chi connectivity index (χ1v) is 10.7. The summed E-state index contributed by atoms with van der Waals surface area (Å²) in [6.07, 6.45) is 2.09. The Bertz CT molecular complexity index is 981. The normalized spacial score (nSPS) is 19.8. The van der Waals surface area contributed by atoms with E-state index >= 15 is 0 Å². The van der Waals surface area contributed by atoms with Crippen molar-refractivity contribution in [2.75, 3.05) is 18.0 Å². The minimum absolute atomic E-state index is 0.0667. The van der Waals surface area contributed by atoms with Crippen molar-refractivity contribution in [1.82, 2.24) is 4.90 Å². The van der Waals surface area contributed by atoms with E-state index in [9.17, 15) is 9.59 Å². The summed E-state index contributed by atoms with van der Waals surface area (Å²) in [6.45, 7) is 7.62. The van der Waals surface area contributed by atoms with E-state index in [1.54, 1.807) is 12.1 Å². The Morgan fingerprint density at radius 1 is 0.967 bits per heavy atom. The quantitative estimate of drug-likeness (QED) is 0.689. The van der Waals surface area contributed by atoms with Crippen LogP contribution in [0.2, 0.25) is 0 Å². The molecule has 0 aromatic heterocycles. The second kappa shape index (κ2) is 8.34. The van der Waals surface area contributed by atoms with Gasteiger partial charge in [-0.15, -0.1) is 0 Å². The molecule has 2 amide bonds. The number of likely N-dealkylation sites (tertiary alicyclic amines) is 1. The second-order valence-corrected chi connectivity index (χ2v) is 8.36. The summed E-state index contributed by atoms with van der Waals surface area (Å²) in [6, 6.07) is 16.8. The summed E-state index contributed by atoms with van der Waals surface area (Å²) in [4.78, 5) is 30.7. The van der Waals surface area contributed by atoms with Crippen molar-refractivity contribution in [3.63, 3.8) is 0 Å². The third kappa shape index (κ3) is 3.72. The molecule has 2 aromatic carbocycles. The zero-order valence-corrected chi connectivity index (χ0v) is 17.8. The molecule has 4 rings (SSSR count). The predicted octanol–water partition coefficient (Wildman–Crippen LogP) is 4.49. The van der Waals surface area contributed by atoms with Crippen LogP contribution in [-0.4, -0.2) is 35.9 Å². The zero-order chi connectivity index (χ0) is 21.3. The number of hydrogen-bond acceptors (Lipinski definition) is 4. The van der Waals surface area contributed by atoms with Crippen molar-refractivity contribution in [1.29, 1.82) is 0 Å². The molecule has 0 N–H and O–H groups in total. The van der Waals surface area contributed by atoms with E-state index in [-0.39, 0.29) is 17.9 Å². The average Bonchev–Trinajstić information content (AvgIpc) is 2.99. The molecule has 1 atom stereocenters. The molecule has 0 saturated carbocycles. The van der Waals surface area contributed by atoms with Crippen LogP contribution in [0.3, 0.4) is 0 Å². The molecular weight excluding hydrogens is 376 g/mol. The van der Waals surface area contributed by atoms with Crippen LogP contribution in [0.4, 0.5) is 5.69 Å². The Kier molecular flexibility index (Phi) is 5.62. The number of amides is 2. The summed E-state index contributed by atoms with van der Waals surface area (Å²) >= 11 is 0. The highest BCUT2D eigenvalue weighted by molar-refractivity contribution is 6.45. The Hall–Kier alpha value is -3.08. The van der Waals surface area contributed by atoms with E-state index in [1.165, 1.54) is 4.90 Å². The molecule has 1 fully saturated rings. The number of benzene rings is 2.